The Morgan fingerprint density at radius 2 is 1.86 bits per heavy atom. The van der Waals surface area contributed by atoms with Crippen molar-refractivity contribution >= 4 is 10.0 Å². The summed E-state index contributed by atoms with van der Waals surface area (Å²) >= 11 is 0. The summed E-state index contributed by atoms with van der Waals surface area (Å²) in [5, 5.41) is 0. The fourth-order valence-corrected chi connectivity index (χ4v) is 1.93. The molecule has 0 radical (unpaired) electrons. The summed E-state index contributed by atoms with van der Waals surface area (Å²) in [5.74, 6) is 0. The van der Waals surface area contributed by atoms with Gasteiger partial charge in [0.25, 0.3) is 10.0 Å². The van der Waals surface area contributed by atoms with Gasteiger partial charge in [0, 0.05) is 5.70 Å². The van der Waals surface area contributed by atoms with Crippen LogP contribution in [-0.2, 0) is 10.0 Å². The van der Waals surface area contributed by atoms with Crippen LogP contribution in [0, 0.1) is 0 Å². The van der Waals surface area contributed by atoms with Gasteiger partial charge in [0.2, 0.25) is 0 Å². The molecular weight excluding hydrogens is 198 g/mol. The molecule has 0 aliphatic carbocycles. The van der Waals surface area contributed by atoms with E-state index in [1.54, 1.807) is 18.2 Å². The molecule has 0 unspecified atom stereocenters. The minimum atomic E-state index is -3.49. The Kier molecular flexibility index (Phi) is 3.09. The van der Waals surface area contributed by atoms with Crippen molar-refractivity contribution in [1.29, 1.82) is 0 Å². The van der Waals surface area contributed by atoms with Crippen molar-refractivity contribution in [2.24, 2.45) is 0 Å². The van der Waals surface area contributed by atoms with E-state index in [2.05, 4.69) is 17.9 Å². The fourth-order valence-electron chi connectivity index (χ4n) is 0.873. The first-order valence-electron chi connectivity index (χ1n) is 3.95. The Balaban J connectivity index is 2.98. The molecule has 4 heteroatoms. The van der Waals surface area contributed by atoms with Crippen molar-refractivity contribution in [3.8, 4) is 0 Å². The third kappa shape index (κ3) is 2.47. The van der Waals surface area contributed by atoms with Crippen molar-refractivity contribution in [2.75, 3.05) is 0 Å². The number of hydrogen-bond donors (Lipinski definition) is 1. The third-order valence-corrected chi connectivity index (χ3v) is 2.99. The maximum absolute atomic E-state index is 11.6. The molecule has 0 amide bonds. The quantitative estimate of drug-likeness (QED) is 0.767. The van der Waals surface area contributed by atoms with Crippen LogP contribution in [0.1, 0.15) is 0 Å². The second-order valence-electron chi connectivity index (χ2n) is 2.65. The molecule has 0 saturated heterocycles. The zero-order valence-electron chi connectivity index (χ0n) is 7.60. The summed E-state index contributed by atoms with van der Waals surface area (Å²) in [6, 6.07) is 8.09. The first kappa shape index (κ1) is 10.5. The molecule has 0 saturated carbocycles. The van der Waals surface area contributed by atoms with Gasteiger partial charge in [0.05, 0.1) is 4.90 Å². The van der Waals surface area contributed by atoms with Crippen LogP contribution in [0.4, 0.5) is 0 Å². The molecule has 0 spiro atoms. The van der Waals surface area contributed by atoms with Crippen LogP contribution in [0.5, 0.6) is 0 Å². The van der Waals surface area contributed by atoms with Crippen LogP contribution in [-0.4, -0.2) is 8.42 Å². The highest BCUT2D eigenvalue weighted by atomic mass is 32.2. The highest BCUT2D eigenvalue weighted by molar-refractivity contribution is 7.89. The smallest absolute Gasteiger partial charge is 0.261 e. The maximum Gasteiger partial charge on any atom is 0.261 e. The Morgan fingerprint density at radius 3 is 2.36 bits per heavy atom. The minimum Gasteiger partial charge on any atom is -0.280 e. The lowest BCUT2D eigenvalue weighted by Crippen LogP contribution is -2.21. The van der Waals surface area contributed by atoms with Crippen molar-refractivity contribution in [1.82, 2.24) is 4.72 Å². The Hall–Kier alpha value is -1.55. The summed E-state index contributed by atoms with van der Waals surface area (Å²) in [6.45, 7) is 6.89. The molecule has 0 heterocycles. The molecule has 1 aromatic carbocycles. The average Bonchev–Trinajstić information content (AvgIpc) is 2.18. The fraction of sp³-hybridized carbons (Fsp3) is 0. The Bertz CT molecular complexity index is 434. The van der Waals surface area contributed by atoms with Gasteiger partial charge in [0.15, 0.2) is 0 Å². The SMILES string of the molecule is C=CC(=C)NS(=O)(=O)c1ccccc1. The van der Waals surface area contributed by atoms with Gasteiger partial charge in [-0.2, -0.15) is 0 Å². The van der Waals surface area contributed by atoms with Crippen LogP contribution < -0.4 is 4.72 Å². The van der Waals surface area contributed by atoms with E-state index in [9.17, 15) is 8.42 Å². The number of benzene rings is 1. The zero-order valence-corrected chi connectivity index (χ0v) is 8.42. The highest BCUT2D eigenvalue weighted by Crippen LogP contribution is 2.08. The molecule has 1 aromatic rings. The van der Waals surface area contributed by atoms with Gasteiger partial charge < -0.3 is 0 Å². The molecule has 0 aliphatic rings. The topological polar surface area (TPSA) is 46.2 Å². The van der Waals surface area contributed by atoms with E-state index >= 15 is 0 Å². The minimum absolute atomic E-state index is 0.211. The van der Waals surface area contributed by atoms with Crippen molar-refractivity contribution in [2.45, 2.75) is 4.90 Å². The van der Waals surface area contributed by atoms with E-state index in [0.29, 0.717) is 0 Å². The number of allylic oxidation sites excluding steroid dienone is 1. The van der Waals surface area contributed by atoms with Gasteiger partial charge in [-0.3, -0.25) is 4.72 Å². The molecule has 3 nitrogen and oxygen atoms in total. The molecule has 1 N–H and O–H groups in total. The van der Waals surface area contributed by atoms with E-state index in [4.69, 9.17) is 0 Å². The van der Waals surface area contributed by atoms with Gasteiger partial charge in [-0.05, 0) is 18.2 Å². The summed E-state index contributed by atoms with van der Waals surface area (Å²) in [4.78, 5) is 0.211. The van der Waals surface area contributed by atoms with Gasteiger partial charge >= 0.3 is 0 Å². The van der Waals surface area contributed by atoms with Crippen molar-refractivity contribution in [3.63, 3.8) is 0 Å². The van der Waals surface area contributed by atoms with Crippen LogP contribution in [0.25, 0.3) is 0 Å². The Labute approximate surface area is 83.8 Å². The molecule has 0 aromatic heterocycles. The lowest BCUT2D eigenvalue weighted by atomic mass is 10.4. The third-order valence-electron chi connectivity index (χ3n) is 1.57. The number of hydrogen-bond acceptors (Lipinski definition) is 2. The zero-order chi connectivity index (χ0) is 10.6. The summed E-state index contributed by atoms with van der Waals surface area (Å²) in [6.07, 6.45) is 1.35. The molecule has 0 aliphatic heterocycles. The van der Waals surface area contributed by atoms with Gasteiger partial charge in [-0.25, -0.2) is 8.42 Å². The van der Waals surface area contributed by atoms with Crippen LogP contribution in [0.2, 0.25) is 0 Å². The maximum atomic E-state index is 11.6. The second kappa shape index (κ2) is 4.11. The normalized spacial score (nSPS) is 10.6. The van der Waals surface area contributed by atoms with E-state index in [1.165, 1.54) is 18.2 Å². The number of rotatable bonds is 4. The molecule has 1 rings (SSSR count). The highest BCUT2D eigenvalue weighted by Gasteiger charge is 2.12. The van der Waals surface area contributed by atoms with Crippen molar-refractivity contribution in [3.05, 3.63) is 55.3 Å². The largest absolute Gasteiger partial charge is 0.280 e. The summed E-state index contributed by atoms with van der Waals surface area (Å²) < 4.78 is 25.4. The van der Waals surface area contributed by atoms with Crippen LogP contribution in [0.3, 0.4) is 0 Å². The summed E-state index contributed by atoms with van der Waals surface area (Å²) in [5.41, 5.74) is 0.258. The van der Waals surface area contributed by atoms with Crippen LogP contribution >= 0.6 is 0 Å². The molecule has 0 atom stereocenters. The van der Waals surface area contributed by atoms with E-state index in [1.807, 2.05) is 0 Å². The number of nitrogens with one attached hydrogen (secondary N) is 1. The molecular formula is C10H11NO2S. The first-order chi connectivity index (χ1) is 6.56. The van der Waals surface area contributed by atoms with E-state index in [-0.39, 0.29) is 10.6 Å². The van der Waals surface area contributed by atoms with Gasteiger partial charge in [0.1, 0.15) is 0 Å². The van der Waals surface area contributed by atoms with E-state index < -0.39 is 10.0 Å². The van der Waals surface area contributed by atoms with Crippen molar-refractivity contribution < 1.29 is 8.42 Å². The second-order valence-corrected chi connectivity index (χ2v) is 4.33. The first-order valence-corrected chi connectivity index (χ1v) is 5.44. The molecule has 0 fully saturated rings. The predicted molar refractivity (Wildman–Crippen MR) is 56.1 cm³/mol. The van der Waals surface area contributed by atoms with Gasteiger partial charge in [-0.1, -0.05) is 31.4 Å². The molecule has 74 valence electrons. The molecule has 14 heavy (non-hydrogen) atoms. The molecule has 0 bridgehead atoms. The van der Waals surface area contributed by atoms with E-state index in [0.717, 1.165) is 0 Å². The average molecular weight is 209 g/mol. The lowest BCUT2D eigenvalue weighted by molar-refractivity contribution is 0.589. The standard InChI is InChI=1S/C10H11NO2S/c1-3-9(2)11-14(12,13)10-7-5-4-6-8-10/h3-8,11H,1-2H2. The lowest BCUT2D eigenvalue weighted by Gasteiger charge is -2.06. The van der Waals surface area contributed by atoms with Gasteiger partial charge in [-0.15, -0.1) is 0 Å². The van der Waals surface area contributed by atoms with Crippen LogP contribution in [0.15, 0.2) is 60.2 Å². The monoisotopic (exact) mass is 209 g/mol. The number of sulfonamides is 1. The summed E-state index contributed by atoms with van der Waals surface area (Å²) in [7, 11) is -3.49. The predicted octanol–water partition coefficient (Wildman–Crippen LogP) is 1.66. The Morgan fingerprint density at radius 1 is 1.29 bits per heavy atom.